The van der Waals surface area contributed by atoms with E-state index in [2.05, 4.69) is 0 Å². The number of para-hydroxylation sites is 1. The predicted octanol–water partition coefficient (Wildman–Crippen LogP) is 1.62. The van der Waals surface area contributed by atoms with Crippen molar-refractivity contribution in [2.24, 2.45) is 0 Å². The Labute approximate surface area is 72.5 Å². The molecule has 3 nitrogen and oxygen atoms in total. The van der Waals surface area contributed by atoms with Crippen LogP contribution in [0.3, 0.4) is 0 Å². The van der Waals surface area contributed by atoms with Gasteiger partial charge in [0.05, 0.1) is 19.5 Å². The number of ether oxygens (including phenoxy) is 2. The number of rotatable bonds is 3. The van der Waals surface area contributed by atoms with Gasteiger partial charge in [-0.3, -0.25) is 4.57 Å². The van der Waals surface area contributed by atoms with E-state index in [-0.39, 0.29) is 8.46 Å². The summed E-state index contributed by atoms with van der Waals surface area (Å²) in [6.45, 7) is 0. The van der Waals surface area contributed by atoms with Crippen molar-refractivity contribution in [1.82, 2.24) is 0 Å². The minimum atomic E-state index is -0.0627. The van der Waals surface area contributed by atoms with Gasteiger partial charge in [-0.05, 0) is 12.1 Å². The zero-order chi connectivity index (χ0) is 8.97. The molecule has 0 aliphatic carbocycles. The Morgan fingerprint density at radius 3 is 2.50 bits per heavy atom. The normalized spacial score (nSPS) is 9.83. The van der Waals surface area contributed by atoms with Crippen LogP contribution in [0.2, 0.25) is 0 Å². The SMILES string of the molecule is COc1cccc(P=O)c1OC. The molecule has 0 saturated carbocycles. The molecule has 4 heteroatoms. The smallest absolute Gasteiger partial charge is 0.196 e. The van der Waals surface area contributed by atoms with Gasteiger partial charge < -0.3 is 9.47 Å². The van der Waals surface area contributed by atoms with Crippen molar-refractivity contribution in [2.75, 3.05) is 14.2 Å². The molecule has 1 aromatic rings. The van der Waals surface area contributed by atoms with Crippen LogP contribution in [0.15, 0.2) is 18.2 Å². The van der Waals surface area contributed by atoms with Crippen molar-refractivity contribution in [1.29, 1.82) is 0 Å². The van der Waals surface area contributed by atoms with Gasteiger partial charge in [0.25, 0.3) is 0 Å². The highest BCUT2D eigenvalue weighted by Gasteiger charge is 2.08. The summed E-state index contributed by atoms with van der Waals surface area (Å²) in [6, 6.07) is 5.24. The zero-order valence-corrected chi connectivity index (χ0v) is 7.80. The summed E-state index contributed by atoms with van der Waals surface area (Å²) in [4.78, 5) is 0. The van der Waals surface area contributed by atoms with Gasteiger partial charge in [0, 0.05) is 0 Å². The second-order valence-electron chi connectivity index (χ2n) is 2.10. The van der Waals surface area contributed by atoms with Crippen LogP contribution in [-0.2, 0) is 4.57 Å². The molecule has 0 spiro atoms. The highest BCUT2D eigenvalue weighted by molar-refractivity contribution is 7.34. The molecule has 0 aromatic heterocycles. The summed E-state index contributed by atoms with van der Waals surface area (Å²) in [7, 11) is 3.00. The average Bonchev–Trinajstić information content (AvgIpc) is 2.16. The summed E-state index contributed by atoms with van der Waals surface area (Å²) in [5.41, 5.74) is 0. The van der Waals surface area contributed by atoms with Crippen LogP contribution >= 0.6 is 8.46 Å². The number of benzene rings is 1. The van der Waals surface area contributed by atoms with Crippen LogP contribution < -0.4 is 14.8 Å². The number of hydrogen-bond donors (Lipinski definition) is 0. The molecule has 0 saturated heterocycles. The first-order valence-electron chi connectivity index (χ1n) is 3.37. The van der Waals surface area contributed by atoms with Gasteiger partial charge in [0.1, 0.15) is 0 Å². The Bertz CT molecular complexity index is 286. The Balaban J connectivity index is 3.21. The maximum atomic E-state index is 10.6. The summed E-state index contributed by atoms with van der Waals surface area (Å²) in [5, 5.41) is 0.594. The van der Waals surface area contributed by atoms with Crippen LogP contribution in [0.5, 0.6) is 11.5 Å². The molecule has 0 heterocycles. The molecule has 0 N–H and O–H groups in total. The maximum Gasteiger partial charge on any atom is 0.196 e. The first-order valence-corrected chi connectivity index (χ1v) is 4.19. The molecule has 0 unspecified atom stereocenters. The van der Waals surface area contributed by atoms with Gasteiger partial charge in [-0.1, -0.05) is 6.07 Å². The van der Waals surface area contributed by atoms with E-state index in [1.165, 1.54) is 7.11 Å². The first kappa shape index (κ1) is 9.01. The molecular weight excluding hydrogens is 175 g/mol. The lowest BCUT2D eigenvalue weighted by Crippen LogP contribution is -2.01. The summed E-state index contributed by atoms with van der Waals surface area (Å²) in [5.74, 6) is 1.12. The highest BCUT2D eigenvalue weighted by Crippen LogP contribution is 2.26. The van der Waals surface area contributed by atoms with Gasteiger partial charge >= 0.3 is 0 Å². The number of hydrogen-bond acceptors (Lipinski definition) is 3. The third-order valence-electron chi connectivity index (χ3n) is 1.48. The van der Waals surface area contributed by atoms with Crippen molar-refractivity contribution in [3.8, 4) is 11.5 Å². The fourth-order valence-corrected chi connectivity index (χ4v) is 1.37. The van der Waals surface area contributed by atoms with E-state index in [1.807, 2.05) is 0 Å². The lowest BCUT2D eigenvalue weighted by Gasteiger charge is -2.07. The lowest BCUT2D eigenvalue weighted by molar-refractivity contribution is 0.357. The van der Waals surface area contributed by atoms with Crippen molar-refractivity contribution in [2.45, 2.75) is 0 Å². The van der Waals surface area contributed by atoms with Crippen molar-refractivity contribution >= 4 is 13.8 Å². The van der Waals surface area contributed by atoms with Crippen molar-refractivity contribution in [3.05, 3.63) is 18.2 Å². The third kappa shape index (κ3) is 1.56. The minimum absolute atomic E-state index is 0.0627. The average molecular weight is 184 g/mol. The molecule has 1 rings (SSSR count). The van der Waals surface area contributed by atoms with Gasteiger partial charge in [-0.25, -0.2) is 0 Å². The summed E-state index contributed by atoms with van der Waals surface area (Å²) in [6.07, 6.45) is 0. The Kier molecular flexibility index (Phi) is 3.06. The van der Waals surface area contributed by atoms with Crippen molar-refractivity contribution < 1.29 is 14.0 Å². The van der Waals surface area contributed by atoms with E-state index in [0.29, 0.717) is 16.8 Å². The van der Waals surface area contributed by atoms with E-state index in [1.54, 1.807) is 25.3 Å². The zero-order valence-electron chi connectivity index (χ0n) is 6.90. The molecular formula is C8H9O3P. The highest BCUT2D eigenvalue weighted by atomic mass is 31.1. The molecule has 0 radical (unpaired) electrons. The predicted molar refractivity (Wildman–Crippen MR) is 46.8 cm³/mol. The molecule has 0 atom stereocenters. The summed E-state index contributed by atoms with van der Waals surface area (Å²) < 4.78 is 20.7. The topological polar surface area (TPSA) is 35.5 Å². The third-order valence-corrected chi connectivity index (χ3v) is 2.03. The van der Waals surface area contributed by atoms with Gasteiger partial charge in [-0.2, -0.15) is 0 Å². The quantitative estimate of drug-likeness (QED) is 0.669. The molecule has 0 bridgehead atoms. The van der Waals surface area contributed by atoms with Gasteiger partial charge in [0.15, 0.2) is 20.0 Å². The minimum Gasteiger partial charge on any atom is -0.493 e. The Morgan fingerprint density at radius 2 is 2.00 bits per heavy atom. The fourth-order valence-electron chi connectivity index (χ4n) is 0.942. The van der Waals surface area contributed by atoms with Crippen LogP contribution in [0.4, 0.5) is 0 Å². The maximum absolute atomic E-state index is 10.6. The molecule has 0 amide bonds. The first-order chi connectivity index (χ1) is 5.83. The second kappa shape index (κ2) is 4.07. The van der Waals surface area contributed by atoms with E-state index < -0.39 is 0 Å². The second-order valence-corrected chi connectivity index (χ2v) is 2.77. The molecule has 12 heavy (non-hydrogen) atoms. The fraction of sp³-hybridized carbons (Fsp3) is 0.250. The molecule has 64 valence electrons. The van der Waals surface area contributed by atoms with Crippen LogP contribution in [0.1, 0.15) is 0 Å². The van der Waals surface area contributed by atoms with Gasteiger partial charge in [0.2, 0.25) is 0 Å². The molecule has 0 aliphatic heterocycles. The van der Waals surface area contributed by atoms with Crippen molar-refractivity contribution in [3.63, 3.8) is 0 Å². The standard InChI is InChI=1S/C8H9O3P/c1-10-6-4-3-5-7(12-9)8(6)11-2/h3-5H,1-2H3. The Morgan fingerprint density at radius 1 is 1.25 bits per heavy atom. The van der Waals surface area contributed by atoms with Crippen LogP contribution in [0.25, 0.3) is 0 Å². The molecule has 0 aliphatic rings. The van der Waals surface area contributed by atoms with Gasteiger partial charge in [-0.15, -0.1) is 0 Å². The van der Waals surface area contributed by atoms with E-state index in [4.69, 9.17) is 9.47 Å². The van der Waals surface area contributed by atoms with Crippen LogP contribution in [0, 0.1) is 0 Å². The van der Waals surface area contributed by atoms with E-state index >= 15 is 0 Å². The molecule has 1 aromatic carbocycles. The molecule has 0 fully saturated rings. The largest absolute Gasteiger partial charge is 0.493 e. The monoisotopic (exact) mass is 184 g/mol. The Hall–Kier alpha value is -1.08. The lowest BCUT2D eigenvalue weighted by atomic mass is 10.3. The number of methoxy groups -OCH3 is 2. The van der Waals surface area contributed by atoms with E-state index in [0.717, 1.165) is 0 Å². The van der Waals surface area contributed by atoms with E-state index in [9.17, 15) is 4.57 Å². The summed E-state index contributed by atoms with van der Waals surface area (Å²) >= 11 is 0. The van der Waals surface area contributed by atoms with Crippen LogP contribution in [-0.4, -0.2) is 14.2 Å².